The molecule has 2 rings (SSSR count). The van der Waals surface area contributed by atoms with Gasteiger partial charge in [0, 0.05) is 10.7 Å². The number of methoxy groups -OCH3 is 2. The summed E-state index contributed by atoms with van der Waals surface area (Å²) in [5, 5.41) is 0. The van der Waals surface area contributed by atoms with Crippen LogP contribution in [0.2, 0.25) is 0 Å². The molecule has 0 saturated heterocycles. The number of esters is 1. The molecule has 0 aliphatic carbocycles. The molecule has 0 aliphatic heterocycles. The normalized spacial score (nSPS) is 10.5. The van der Waals surface area contributed by atoms with Crippen molar-refractivity contribution in [2.45, 2.75) is 6.61 Å². The first-order valence-electron chi connectivity index (χ1n) is 5.49. The number of oxazole rings is 1. The maximum absolute atomic E-state index is 11.6. The molecule has 19 heavy (non-hydrogen) atoms. The summed E-state index contributed by atoms with van der Waals surface area (Å²) in [7, 11) is 2.83. The molecule has 5 nitrogen and oxygen atoms in total. The Balaban J connectivity index is 2.48. The summed E-state index contributed by atoms with van der Waals surface area (Å²) in [6.07, 6.45) is 0. The van der Waals surface area contributed by atoms with Gasteiger partial charge in [0.25, 0.3) is 0 Å². The van der Waals surface area contributed by atoms with Gasteiger partial charge in [0.05, 0.1) is 19.3 Å². The van der Waals surface area contributed by atoms with E-state index in [0.717, 1.165) is 9.13 Å². The lowest BCUT2D eigenvalue weighted by Crippen LogP contribution is -2.04. The van der Waals surface area contributed by atoms with Gasteiger partial charge in [0.1, 0.15) is 5.69 Å². The highest BCUT2D eigenvalue weighted by molar-refractivity contribution is 14.1. The molecule has 0 saturated carbocycles. The van der Waals surface area contributed by atoms with Crippen molar-refractivity contribution < 1.29 is 18.7 Å². The maximum Gasteiger partial charge on any atom is 0.376 e. The van der Waals surface area contributed by atoms with Crippen LogP contribution in [0, 0.1) is 3.57 Å². The third kappa shape index (κ3) is 2.95. The number of nitrogens with zero attached hydrogens (tertiary/aromatic N) is 1. The van der Waals surface area contributed by atoms with Crippen LogP contribution in [-0.2, 0) is 16.1 Å². The monoisotopic (exact) mass is 373 g/mol. The van der Waals surface area contributed by atoms with Crippen LogP contribution < -0.4 is 0 Å². The summed E-state index contributed by atoms with van der Waals surface area (Å²) in [6, 6.07) is 7.63. The van der Waals surface area contributed by atoms with E-state index >= 15 is 0 Å². The number of carbonyl (C=O) groups excluding carboxylic acids is 1. The molecule has 6 heteroatoms. The van der Waals surface area contributed by atoms with Crippen molar-refractivity contribution in [3.05, 3.63) is 39.3 Å². The lowest BCUT2D eigenvalue weighted by Gasteiger charge is -1.98. The van der Waals surface area contributed by atoms with Gasteiger partial charge in [-0.15, -0.1) is 0 Å². The molecular formula is C13H12INO4. The van der Waals surface area contributed by atoms with Crippen LogP contribution in [0.5, 0.6) is 0 Å². The second kappa shape index (κ2) is 6.16. The predicted octanol–water partition coefficient (Wildman–Crippen LogP) is 2.88. The third-order valence-corrected chi connectivity index (χ3v) is 3.39. The molecule has 0 amide bonds. The number of rotatable bonds is 4. The van der Waals surface area contributed by atoms with Crippen molar-refractivity contribution in [3.63, 3.8) is 0 Å². The fraction of sp³-hybridized carbons (Fsp3) is 0.231. The Bertz CT molecular complexity index is 594. The molecule has 0 unspecified atom stereocenters. The molecular weight excluding hydrogens is 361 g/mol. The van der Waals surface area contributed by atoms with Gasteiger partial charge in [-0.05, 0) is 34.7 Å². The molecule has 1 heterocycles. The number of ether oxygens (including phenoxy) is 2. The van der Waals surface area contributed by atoms with Crippen LogP contribution in [0.15, 0.2) is 28.7 Å². The van der Waals surface area contributed by atoms with E-state index in [4.69, 9.17) is 9.15 Å². The van der Waals surface area contributed by atoms with Gasteiger partial charge in [0.15, 0.2) is 0 Å². The van der Waals surface area contributed by atoms with Crippen LogP contribution in [0.4, 0.5) is 0 Å². The van der Waals surface area contributed by atoms with Crippen molar-refractivity contribution >= 4 is 28.6 Å². The summed E-state index contributed by atoms with van der Waals surface area (Å²) < 4.78 is 16.2. The van der Waals surface area contributed by atoms with E-state index < -0.39 is 5.97 Å². The quantitative estimate of drug-likeness (QED) is 0.609. The Morgan fingerprint density at radius 2 is 2.11 bits per heavy atom. The highest BCUT2D eigenvalue weighted by Crippen LogP contribution is 2.27. The maximum atomic E-state index is 11.6. The van der Waals surface area contributed by atoms with E-state index in [-0.39, 0.29) is 12.4 Å². The Hall–Kier alpha value is -1.41. The smallest absolute Gasteiger partial charge is 0.376 e. The predicted molar refractivity (Wildman–Crippen MR) is 76.7 cm³/mol. The fourth-order valence-electron chi connectivity index (χ4n) is 1.59. The number of aromatic nitrogens is 1. The second-order valence-corrected chi connectivity index (χ2v) is 4.86. The van der Waals surface area contributed by atoms with Crippen LogP contribution in [0.1, 0.15) is 16.2 Å². The molecule has 0 radical (unpaired) electrons. The molecule has 0 aliphatic rings. The minimum Gasteiger partial charge on any atom is -0.463 e. The number of hydrogen-bond donors (Lipinski definition) is 0. The minimum atomic E-state index is -0.559. The largest absolute Gasteiger partial charge is 0.463 e. The lowest BCUT2D eigenvalue weighted by atomic mass is 10.2. The average Bonchev–Trinajstić information content (AvgIpc) is 2.83. The topological polar surface area (TPSA) is 61.6 Å². The zero-order chi connectivity index (χ0) is 13.8. The summed E-state index contributed by atoms with van der Waals surface area (Å²) in [5.74, 6) is -0.0896. The molecule has 1 aromatic heterocycles. The van der Waals surface area contributed by atoms with Crippen molar-refractivity contribution in [2.24, 2.45) is 0 Å². The van der Waals surface area contributed by atoms with E-state index in [9.17, 15) is 4.79 Å². The zero-order valence-corrected chi connectivity index (χ0v) is 12.6. The first-order chi connectivity index (χ1) is 9.17. The number of hydrogen-bond acceptors (Lipinski definition) is 5. The highest BCUT2D eigenvalue weighted by Gasteiger charge is 2.22. The Kier molecular flexibility index (Phi) is 4.54. The summed E-state index contributed by atoms with van der Waals surface area (Å²) in [6.45, 7) is 0.192. The summed E-state index contributed by atoms with van der Waals surface area (Å²) in [4.78, 5) is 15.9. The number of carbonyl (C=O) groups is 1. The van der Waals surface area contributed by atoms with Gasteiger partial charge in [-0.25, -0.2) is 9.78 Å². The van der Waals surface area contributed by atoms with E-state index in [1.54, 1.807) is 0 Å². The zero-order valence-electron chi connectivity index (χ0n) is 10.5. The van der Waals surface area contributed by atoms with Gasteiger partial charge >= 0.3 is 5.97 Å². The first kappa shape index (κ1) is 14.0. The van der Waals surface area contributed by atoms with Gasteiger partial charge in [-0.3, -0.25) is 0 Å². The number of benzene rings is 1. The Labute approximate surface area is 124 Å². The molecule has 0 atom stereocenters. The van der Waals surface area contributed by atoms with E-state index in [0.29, 0.717) is 11.6 Å². The molecule has 0 spiro atoms. The summed E-state index contributed by atoms with van der Waals surface area (Å²) in [5.41, 5.74) is 1.26. The molecule has 2 aromatic rings. The third-order valence-electron chi connectivity index (χ3n) is 2.45. The van der Waals surface area contributed by atoms with Gasteiger partial charge in [-0.1, -0.05) is 12.1 Å². The second-order valence-electron chi connectivity index (χ2n) is 3.70. The Morgan fingerprint density at radius 3 is 2.74 bits per heavy atom. The number of halogens is 1. The fourth-order valence-corrected chi connectivity index (χ4v) is 2.21. The van der Waals surface area contributed by atoms with Crippen LogP contribution >= 0.6 is 22.6 Å². The standard InChI is InChI=1S/C13H12INO4/c1-17-7-10-11(13(16)18-2)19-12(15-10)8-5-3-4-6-9(8)14/h3-6H,7H2,1-2H3. The SMILES string of the molecule is COCc1nc(-c2ccccc2I)oc1C(=O)OC. The van der Waals surface area contributed by atoms with Crippen LogP contribution in [0.25, 0.3) is 11.5 Å². The van der Waals surface area contributed by atoms with Gasteiger partial charge < -0.3 is 13.9 Å². The van der Waals surface area contributed by atoms with Gasteiger partial charge in [-0.2, -0.15) is 0 Å². The van der Waals surface area contributed by atoms with Crippen molar-refractivity contribution in [2.75, 3.05) is 14.2 Å². The highest BCUT2D eigenvalue weighted by atomic mass is 127. The van der Waals surface area contributed by atoms with E-state index in [1.165, 1.54) is 14.2 Å². The molecule has 0 fully saturated rings. The van der Waals surface area contributed by atoms with Gasteiger partial charge in [0.2, 0.25) is 11.7 Å². The molecule has 100 valence electrons. The molecule has 0 bridgehead atoms. The average molecular weight is 373 g/mol. The van der Waals surface area contributed by atoms with Crippen molar-refractivity contribution in [3.8, 4) is 11.5 Å². The molecule has 1 aromatic carbocycles. The van der Waals surface area contributed by atoms with E-state index in [2.05, 4.69) is 32.3 Å². The van der Waals surface area contributed by atoms with E-state index in [1.807, 2.05) is 24.3 Å². The summed E-state index contributed by atoms with van der Waals surface area (Å²) >= 11 is 2.19. The van der Waals surface area contributed by atoms with Crippen molar-refractivity contribution in [1.82, 2.24) is 4.98 Å². The van der Waals surface area contributed by atoms with Crippen molar-refractivity contribution in [1.29, 1.82) is 0 Å². The lowest BCUT2D eigenvalue weighted by molar-refractivity contribution is 0.0559. The van der Waals surface area contributed by atoms with Crippen LogP contribution in [-0.4, -0.2) is 25.2 Å². The minimum absolute atomic E-state index is 0.0824. The Morgan fingerprint density at radius 1 is 1.37 bits per heavy atom. The van der Waals surface area contributed by atoms with Crippen LogP contribution in [0.3, 0.4) is 0 Å². The molecule has 0 N–H and O–H groups in total. The first-order valence-corrected chi connectivity index (χ1v) is 6.57.